The summed E-state index contributed by atoms with van der Waals surface area (Å²) in [7, 11) is 0. The molecule has 1 aromatic heterocycles. The van der Waals surface area contributed by atoms with Crippen LogP contribution in [0, 0.1) is 26.6 Å². The molecule has 2 unspecified atom stereocenters. The maximum absolute atomic E-state index is 14.2. The van der Waals surface area contributed by atoms with Crippen molar-refractivity contribution in [2.24, 2.45) is 5.73 Å². The molecule has 2 rings (SSSR count). The van der Waals surface area contributed by atoms with E-state index in [1.165, 1.54) is 6.07 Å². The number of hydrogen-bond acceptors (Lipinski definition) is 3. The Hall–Kier alpha value is -1.36. The molecule has 3 nitrogen and oxygen atoms in total. The molecule has 114 valence electrons. The van der Waals surface area contributed by atoms with Gasteiger partial charge in [-0.2, -0.15) is 0 Å². The van der Waals surface area contributed by atoms with E-state index >= 15 is 0 Å². The maximum atomic E-state index is 14.2. The van der Waals surface area contributed by atoms with E-state index in [0.29, 0.717) is 16.9 Å². The molecule has 0 aliphatic heterocycles. The van der Waals surface area contributed by atoms with Crippen LogP contribution < -0.4 is 5.73 Å². The second-order valence-electron chi connectivity index (χ2n) is 5.18. The molecule has 2 aromatic rings. The SMILES string of the molecule is Cc1oc(C)c(C(O)C(CN)c2cccc(Cl)c2F)c1C. The molecule has 0 aliphatic carbocycles. The summed E-state index contributed by atoms with van der Waals surface area (Å²) in [5.74, 6) is 0.240. The highest BCUT2D eigenvalue weighted by Gasteiger charge is 2.29. The zero-order chi connectivity index (χ0) is 15.7. The predicted molar refractivity (Wildman–Crippen MR) is 81.1 cm³/mol. The van der Waals surface area contributed by atoms with E-state index in [9.17, 15) is 9.50 Å². The van der Waals surface area contributed by atoms with E-state index in [1.54, 1.807) is 19.1 Å². The van der Waals surface area contributed by atoms with Crippen molar-refractivity contribution in [2.45, 2.75) is 32.8 Å². The van der Waals surface area contributed by atoms with Gasteiger partial charge < -0.3 is 15.3 Å². The fraction of sp³-hybridized carbons (Fsp3) is 0.375. The molecular weight excluding hydrogens is 293 g/mol. The average molecular weight is 312 g/mol. The normalized spacial score (nSPS) is 14.2. The summed E-state index contributed by atoms with van der Waals surface area (Å²) < 4.78 is 19.7. The van der Waals surface area contributed by atoms with Crippen molar-refractivity contribution >= 4 is 11.6 Å². The van der Waals surface area contributed by atoms with Gasteiger partial charge in [-0.15, -0.1) is 0 Å². The maximum Gasteiger partial charge on any atom is 0.145 e. The van der Waals surface area contributed by atoms with Crippen molar-refractivity contribution in [2.75, 3.05) is 6.54 Å². The minimum absolute atomic E-state index is 0.0231. The van der Waals surface area contributed by atoms with Crippen LogP contribution in [0.4, 0.5) is 4.39 Å². The molecule has 0 fully saturated rings. The number of hydrogen-bond donors (Lipinski definition) is 2. The van der Waals surface area contributed by atoms with E-state index in [-0.39, 0.29) is 11.6 Å². The van der Waals surface area contributed by atoms with E-state index in [0.717, 1.165) is 11.3 Å². The first kappa shape index (κ1) is 16.0. The van der Waals surface area contributed by atoms with Crippen LogP contribution >= 0.6 is 11.6 Å². The molecule has 21 heavy (non-hydrogen) atoms. The third kappa shape index (κ3) is 2.84. The molecule has 0 amide bonds. The van der Waals surface area contributed by atoms with Gasteiger partial charge in [0.05, 0.1) is 11.1 Å². The minimum Gasteiger partial charge on any atom is -0.466 e. The molecule has 0 bridgehead atoms. The average Bonchev–Trinajstić information content (AvgIpc) is 2.68. The third-order valence-corrected chi connectivity index (χ3v) is 4.22. The molecule has 2 atom stereocenters. The largest absolute Gasteiger partial charge is 0.466 e. The molecule has 0 saturated heterocycles. The number of halogens is 2. The van der Waals surface area contributed by atoms with Crippen LogP contribution in [0.25, 0.3) is 0 Å². The fourth-order valence-electron chi connectivity index (χ4n) is 2.68. The van der Waals surface area contributed by atoms with Crippen molar-refractivity contribution in [1.29, 1.82) is 0 Å². The van der Waals surface area contributed by atoms with Crippen molar-refractivity contribution in [3.8, 4) is 0 Å². The molecule has 0 radical (unpaired) electrons. The monoisotopic (exact) mass is 311 g/mol. The Labute approximate surface area is 128 Å². The van der Waals surface area contributed by atoms with E-state index in [1.807, 2.05) is 13.8 Å². The van der Waals surface area contributed by atoms with Gasteiger partial charge in [-0.1, -0.05) is 23.7 Å². The van der Waals surface area contributed by atoms with Crippen LogP contribution in [0.15, 0.2) is 22.6 Å². The predicted octanol–water partition coefficient (Wildman–Crippen LogP) is 3.77. The van der Waals surface area contributed by atoms with Gasteiger partial charge in [0.15, 0.2) is 0 Å². The van der Waals surface area contributed by atoms with Crippen LogP contribution in [-0.4, -0.2) is 11.7 Å². The van der Waals surface area contributed by atoms with Gasteiger partial charge in [0.2, 0.25) is 0 Å². The number of nitrogens with two attached hydrogens (primary N) is 1. The van der Waals surface area contributed by atoms with Gasteiger partial charge in [0.25, 0.3) is 0 Å². The highest BCUT2D eigenvalue weighted by atomic mass is 35.5. The number of aliphatic hydroxyl groups is 1. The lowest BCUT2D eigenvalue weighted by Gasteiger charge is -2.23. The first-order valence-corrected chi connectivity index (χ1v) is 7.14. The number of rotatable bonds is 4. The molecule has 0 aliphatic rings. The van der Waals surface area contributed by atoms with Crippen molar-refractivity contribution in [3.05, 3.63) is 57.2 Å². The van der Waals surface area contributed by atoms with Gasteiger partial charge in [-0.05, 0) is 38.0 Å². The van der Waals surface area contributed by atoms with Crippen molar-refractivity contribution in [1.82, 2.24) is 0 Å². The Balaban J connectivity index is 2.48. The molecule has 1 heterocycles. The molecule has 3 N–H and O–H groups in total. The smallest absolute Gasteiger partial charge is 0.145 e. The van der Waals surface area contributed by atoms with Crippen LogP contribution in [0.5, 0.6) is 0 Å². The molecule has 0 saturated carbocycles. The second kappa shape index (κ2) is 6.18. The number of furan rings is 1. The lowest BCUT2D eigenvalue weighted by atomic mass is 9.87. The Bertz CT molecular complexity index is 654. The summed E-state index contributed by atoms with van der Waals surface area (Å²) >= 11 is 5.82. The highest BCUT2D eigenvalue weighted by molar-refractivity contribution is 6.30. The summed E-state index contributed by atoms with van der Waals surface area (Å²) in [6.45, 7) is 5.57. The molecule has 5 heteroatoms. The number of aliphatic hydroxyl groups excluding tert-OH is 1. The fourth-order valence-corrected chi connectivity index (χ4v) is 2.86. The number of aryl methyl sites for hydroxylation is 2. The highest BCUT2D eigenvalue weighted by Crippen LogP contribution is 2.37. The Morgan fingerprint density at radius 3 is 2.48 bits per heavy atom. The Morgan fingerprint density at radius 1 is 1.29 bits per heavy atom. The van der Waals surface area contributed by atoms with Crippen molar-refractivity contribution in [3.63, 3.8) is 0 Å². The quantitative estimate of drug-likeness (QED) is 0.903. The minimum atomic E-state index is -0.944. The van der Waals surface area contributed by atoms with Gasteiger partial charge >= 0.3 is 0 Å². The van der Waals surface area contributed by atoms with Crippen molar-refractivity contribution < 1.29 is 13.9 Å². The molecule has 0 spiro atoms. The van der Waals surface area contributed by atoms with E-state index in [4.69, 9.17) is 21.8 Å². The van der Waals surface area contributed by atoms with Crippen LogP contribution in [-0.2, 0) is 0 Å². The third-order valence-electron chi connectivity index (χ3n) is 3.93. The summed E-state index contributed by atoms with van der Waals surface area (Å²) in [4.78, 5) is 0. The Morgan fingerprint density at radius 2 is 1.95 bits per heavy atom. The second-order valence-corrected chi connectivity index (χ2v) is 5.59. The van der Waals surface area contributed by atoms with Gasteiger partial charge in [-0.3, -0.25) is 0 Å². The summed E-state index contributed by atoms with van der Waals surface area (Å²) in [5.41, 5.74) is 7.61. The zero-order valence-electron chi connectivity index (χ0n) is 12.3. The van der Waals surface area contributed by atoms with Gasteiger partial charge in [0, 0.05) is 18.0 Å². The van der Waals surface area contributed by atoms with Gasteiger partial charge in [-0.25, -0.2) is 4.39 Å². The van der Waals surface area contributed by atoms with E-state index in [2.05, 4.69) is 0 Å². The summed E-state index contributed by atoms with van der Waals surface area (Å²) in [6.07, 6.45) is -0.944. The zero-order valence-corrected chi connectivity index (χ0v) is 13.0. The molecule has 1 aromatic carbocycles. The lowest BCUT2D eigenvalue weighted by molar-refractivity contribution is 0.143. The van der Waals surface area contributed by atoms with Crippen LogP contribution in [0.3, 0.4) is 0 Å². The Kier molecular flexibility index (Phi) is 4.71. The lowest BCUT2D eigenvalue weighted by Crippen LogP contribution is -2.22. The summed E-state index contributed by atoms with van der Waals surface area (Å²) in [5, 5.41) is 10.7. The number of benzene rings is 1. The van der Waals surface area contributed by atoms with Crippen LogP contribution in [0.2, 0.25) is 5.02 Å². The molecular formula is C16H19ClFNO2. The first-order chi connectivity index (χ1) is 9.88. The summed E-state index contributed by atoms with van der Waals surface area (Å²) in [6, 6.07) is 4.72. The standard InChI is InChI=1S/C16H19ClFNO2/c1-8-9(2)21-10(3)14(8)16(20)12(7-19)11-5-4-6-13(17)15(11)18/h4-6,12,16,20H,7,19H2,1-3H3. The topological polar surface area (TPSA) is 59.4 Å². The van der Waals surface area contributed by atoms with E-state index < -0.39 is 17.8 Å². The first-order valence-electron chi connectivity index (χ1n) is 6.77. The van der Waals surface area contributed by atoms with Crippen LogP contribution in [0.1, 0.15) is 40.2 Å². The van der Waals surface area contributed by atoms with Gasteiger partial charge in [0.1, 0.15) is 17.3 Å².